The van der Waals surface area contributed by atoms with Gasteiger partial charge >= 0.3 is 0 Å². The third-order valence-corrected chi connectivity index (χ3v) is 3.98. The van der Waals surface area contributed by atoms with Gasteiger partial charge in [-0.25, -0.2) is 4.39 Å². The van der Waals surface area contributed by atoms with Gasteiger partial charge in [-0.1, -0.05) is 15.9 Å². The van der Waals surface area contributed by atoms with Crippen LogP contribution >= 0.6 is 15.9 Å². The number of nitrogens with zero attached hydrogens (tertiary/aromatic N) is 2. The van der Waals surface area contributed by atoms with Gasteiger partial charge in [-0.2, -0.15) is 5.26 Å². The highest BCUT2D eigenvalue weighted by molar-refractivity contribution is 9.10. The van der Waals surface area contributed by atoms with Crippen molar-refractivity contribution < 1.29 is 19.0 Å². The van der Waals surface area contributed by atoms with E-state index in [-0.39, 0.29) is 6.54 Å². The van der Waals surface area contributed by atoms with Gasteiger partial charge < -0.3 is 14.7 Å². The standard InChI is InChI=1S/C15H16BrFN2O3/c1-9(20)15(21)19-5-4-14(12(17)8-19)22-13-3-2-11(16)6-10(13)7-18/h2-3,6,9,12,14,20H,4-5,8H2,1H3/t9-,12-,14-/m0/s1. The average molecular weight is 371 g/mol. The van der Waals surface area contributed by atoms with Crippen molar-refractivity contribution in [2.45, 2.75) is 31.7 Å². The van der Waals surface area contributed by atoms with E-state index < -0.39 is 24.3 Å². The van der Waals surface area contributed by atoms with Crippen LogP contribution in [0.2, 0.25) is 0 Å². The Labute approximate surface area is 136 Å². The number of ether oxygens (including phenoxy) is 1. The van der Waals surface area contributed by atoms with Crippen LogP contribution in [0.1, 0.15) is 18.9 Å². The number of piperidine rings is 1. The predicted molar refractivity (Wildman–Crippen MR) is 81.0 cm³/mol. The second-order valence-electron chi connectivity index (χ2n) is 5.17. The van der Waals surface area contributed by atoms with E-state index in [2.05, 4.69) is 15.9 Å². The quantitative estimate of drug-likeness (QED) is 0.883. The summed E-state index contributed by atoms with van der Waals surface area (Å²) >= 11 is 3.26. The first-order chi connectivity index (χ1) is 10.4. The Balaban J connectivity index is 2.04. The molecule has 1 aromatic rings. The average Bonchev–Trinajstić information content (AvgIpc) is 2.49. The van der Waals surface area contributed by atoms with Gasteiger partial charge in [-0.05, 0) is 25.1 Å². The summed E-state index contributed by atoms with van der Waals surface area (Å²) in [5.74, 6) is -0.156. The van der Waals surface area contributed by atoms with Crippen LogP contribution in [-0.4, -0.2) is 47.4 Å². The van der Waals surface area contributed by atoms with E-state index in [0.717, 1.165) is 4.47 Å². The number of aliphatic hydroxyl groups is 1. The molecule has 1 aliphatic rings. The SMILES string of the molecule is C[C@H](O)C(=O)N1CC[C@H](Oc2ccc(Br)cc2C#N)[C@@H](F)C1. The Hall–Kier alpha value is -1.65. The first-order valence-corrected chi connectivity index (χ1v) is 7.69. The van der Waals surface area contributed by atoms with Crippen molar-refractivity contribution in [2.75, 3.05) is 13.1 Å². The molecule has 2 rings (SSSR count). The molecule has 22 heavy (non-hydrogen) atoms. The zero-order chi connectivity index (χ0) is 16.3. The number of likely N-dealkylation sites (tertiary alicyclic amines) is 1. The Morgan fingerprint density at radius 1 is 1.64 bits per heavy atom. The lowest BCUT2D eigenvalue weighted by Gasteiger charge is -2.35. The van der Waals surface area contributed by atoms with Gasteiger partial charge in [0.15, 0.2) is 6.17 Å². The highest BCUT2D eigenvalue weighted by Crippen LogP contribution is 2.27. The molecule has 118 valence electrons. The first kappa shape index (κ1) is 16.7. The van der Waals surface area contributed by atoms with Crippen LogP contribution in [0.15, 0.2) is 22.7 Å². The minimum atomic E-state index is -1.37. The van der Waals surface area contributed by atoms with Crippen LogP contribution in [0.25, 0.3) is 0 Å². The molecule has 0 aliphatic carbocycles. The number of rotatable bonds is 3. The molecule has 1 fully saturated rings. The van der Waals surface area contributed by atoms with Crippen molar-refractivity contribution in [1.82, 2.24) is 4.90 Å². The maximum atomic E-state index is 14.2. The van der Waals surface area contributed by atoms with Crippen molar-refractivity contribution in [3.05, 3.63) is 28.2 Å². The molecule has 5 nitrogen and oxygen atoms in total. The summed E-state index contributed by atoms with van der Waals surface area (Å²) < 4.78 is 20.6. The minimum Gasteiger partial charge on any atom is -0.486 e. The number of hydrogen-bond donors (Lipinski definition) is 1. The normalized spacial score (nSPS) is 22.8. The van der Waals surface area contributed by atoms with E-state index in [9.17, 15) is 14.3 Å². The van der Waals surface area contributed by atoms with Crippen LogP contribution in [0.5, 0.6) is 5.75 Å². The Morgan fingerprint density at radius 3 is 2.95 bits per heavy atom. The number of amides is 1. The molecule has 0 aromatic heterocycles. The van der Waals surface area contributed by atoms with Crippen LogP contribution in [-0.2, 0) is 4.79 Å². The summed E-state index contributed by atoms with van der Waals surface area (Å²) in [4.78, 5) is 13.0. The molecule has 0 saturated carbocycles. The molecule has 1 heterocycles. The van der Waals surface area contributed by atoms with E-state index in [1.807, 2.05) is 6.07 Å². The number of carbonyl (C=O) groups excluding carboxylic acids is 1. The van der Waals surface area contributed by atoms with Crippen LogP contribution < -0.4 is 4.74 Å². The summed E-state index contributed by atoms with van der Waals surface area (Å²) in [6.07, 6.45) is -2.92. The maximum absolute atomic E-state index is 14.2. The third kappa shape index (κ3) is 3.76. The first-order valence-electron chi connectivity index (χ1n) is 6.89. The smallest absolute Gasteiger partial charge is 0.251 e. The van der Waals surface area contributed by atoms with Crippen molar-refractivity contribution in [3.63, 3.8) is 0 Å². The van der Waals surface area contributed by atoms with Crippen molar-refractivity contribution in [1.29, 1.82) is 5.26 Å². The highest BCUT2D eigenvalue weighted by atomic mass is 79.9. The minimum absolute atomic E-state index is 0.118. The van der Waals surface area contributed by atoms with E-state index in [4.69, 9.17) is 10.00 Å². The third-order valence-electron chi connectivity index (χ3n) is 3.49. The van der Waals surface area contributed by atoms with Crippen molar-refractivity contribution >= 4 is 21.8 Å². The number of hydrogen-bond acceptors (Lipinski definition) is 4. The molecule has 3 atom stereocenters. The second-order valence-corrected chi connectivity index (χ2v) is 6.09. The van der Waals surface area contributed by atoms with Crippen LogP contribution in [0, 0.1) is 11.3 Å². The fourth-order valence-corrected chi connectivity index (χ4v) is 2.70. The molecule has 1 saturated heterocycles. The van der Waals surface area contributed by atoms with Crippen LogP contribution in [0.4, 0.5) is 4.39 Å². The summed E-state index contributed by atoms with van der Waals surface area (Å²) in [5.41, 5.74) is 0.323. The Kier molecular flexibility index (Phi) is 5.37. The number of aliphatic hydroxyl groups excluding tert-OH is 1. The molecule has 0 radical (unpaired) electrons. The summed E-state index contributed by atoms with van der Waals surface area (Å²) in [6.45, 7) is 1.55. The number of alkyl halides is 1. The number of benzene rings is 1. The lowest BCUT2D eigenvalue weighted by molar-refractivity contribution is -0.143. The summed E-state index contributed by atoms with van der Waals surface area (Å²) in [6, 6.07) is 6.95. The molecule has 7 heteroatoms. The van der Waals surface area contributed by atoms with Gasteiger partial charge in [0.2, 0.25) is 0 Å². The van der Waals surface area contributed by atoms with Crippen molar-refractivity contribution in [2.24, 2.45) is 0 Å². The lowest BCUT2D eigenvalue weighted by atomic mass is 10.0. The number of halogens is 2. The molecule has 0 unspecified atom stereocenters. The van der Waals surface area contributed by atoms with Gasteiger partial charge in [0, 0.05) is 17.4 Å². The number of nitriles is 1. The zero-order valence-electron chi connectivity index (χ0n) is 12.0. The maximum Gasteiger partial charge on any atom is 0.251 e. The zero-order valence-corrected chi connectivity index (χ0v) is 13.6. The number of carbonyl (C=O) groups is 1. The summed E-state index contributed by atoms with van der Waals surface area (Å²) in [5, 5.41) is 18.4. The molecular formula is C15H16BrFN2O3. The fourth-order valence-electron chi connectivity index (χ4n) is 2.34. The second kappa shape index (κ2) is 7.07. The molecular weight excluding hydrogens is 355 g/mol. The Bertz CT molecular complexity index is 603. The van der Waals surface area contributed by atoms with Gasteiger partial charge in [0.1, 0.15) is 24.0 Å². The molecule has 1 aromatic carbocycles. The largest absolute Gasteiger partial charge is 0.486 e. The topological polar surface area (TPSA) is 73.6 Å². The van der Waals surface area contributed by atoms with Gasteiger partial charge in [-0.3, -0.25) is 4.79 Å². The van der Waals surface area contributed by atoms with E-state index >= 15 is 0 Å². The van der Waals surface area contributed by atoms with Gasteiger partial charge in [-0.15, -0.1) is 0 Å². The fraction of sp³-hybridized carbons (Fsp3) is 0.467. The molecule has 0 bridgehead atoms. The van der Waals surface area contributed by atoms with Gasteiger partial charge in [0.25, 0.3) is 5.91 Å². The monoisotopic (exact) mass is 370 g/mol. The van der Waals surface area contributed by atoms with E-state index in [1.54, 1.807) is 18.2 Å². The summed E-state index contributed by atoms with van der Waals surface area (Å²) in [7, 11) is 0. The van der Waals surface area contributed by atoms with E-state index in [0.29, 0.717) is 24.3 Å². The predicted octanol–water partition coefficient (Wildman–Crippen LogP) is 2.02. The van der Waals surface area contributed by atoms with E-state index in [1.165, 1.54) is 11.8 Å². The molecule has 1 N–H and O–H groups in total. The molecule has 0 spiro atoms. The molecule has 1 amide bonds. The van der Waals surface area contributed by atoms with Crippen LogP contribution in [0.3, 0.4) is 0 Å². The highest BCUT2D eigenvalue weighted by Gasteiger charge is 2.34. The Morgan fingerprint density at radius 2 is 2.36 bits per heavy atom. The van der Waals surface area contributed by atoms with Gasteiger partial charge in [0.05, 0.1) is 12.1 Å². The lowest BCUT2D eigenvalue weighted by Crippen LogP contribution is -2.51. The molecule has 1 aliphatic heterocycles. The van der Waals surface area contributed by atoms with Crippen molar-refractivity contribution in [3.8, 4) is 11.8 Å².